The third-order valence-corrected chi connectivity index (χ3v) is 4.05. The first kappa shape index (κ1) is 19.3. The molecular formula is C21H22N4O3. The first-order valence-electron chi connectivity index (χ1n) is 8.88. The quantitative estimate of drug-likeness (QED) is 0.542. The molecule has 3 rings (SSSR count). The minimum absolute atomic E-state index is 0.00701. The average Bonchev–Trinajstić information content (AvgIpc) is 3.06. The van der Waals surface area contributed by atoms with Crippen molar-refractivity contribution in [3.05, 3.63) is 76.0 Å². The van der Waals surface area contributed by atoms with Crippen molar-refractivity contribution in [3.8, 4) is 16.9 Å². The Balaban J connectivity index is 2.09. The highest BCUT2D eigenvalue weighted by molar-refractivity contribution is 5.94. The van der Waals surface area contributed by atoms with Gasteiger partial charge in [0.2, 0.25) is 0 Å². The zero-order valence-corrected chi connectivity index (χ0v) is 16.3. The topological polar surface area (TPSA) is 90.1 Å². The lowest BCUT2D eigenvalue weighted by Gasteiger charge is -2.20. The van der Waals surface area contributed by atoms with E-state index in [0.29, 0.717) is 17.0 Å². The normalized spacial score (nSPS) is 11.3. The van der Waals surface area contributed by atoms with E-state index in [1.54, 1.807) is 22.9 Å². The maximum Gasteiger partial charge on any atom is 0.270 e. The number of nitrogens with one attached hydrogen (secondary N) is 1. The standard InChI is InChI=1S/C21H22N4O3/c1-14-6-5-7-17(12-14)24-19(20(26)22-21(2,3)4)13-18(23-24)15-8-10-16(11-9-15)25(27)28/h5-13H,1-4H3,(H,22,26). The number of rotatable bonds is 4. The summed E-state index contributed by atoms with van der Waals surface area (Å²) in [7, 11) is 0. The van der Waals surface area contributed by atoms with Crippen molar-refractivity contribution in [2.45, 2.75) is 33.2 Å². The molecule has 0 saturated carbocycles. The van der Waals surface area contributed by atoms with E-state index in [-0.39, 0.29) is 11.6 Å². The summed E-state index contributed by atoms with van der Waals surface area (Å²) < 4.78 is 1.60. The molecular weight excluding hydrogens is 356 g/mol. The monoisotopic (exact) mass is 378 g/mol. The number of carbonyl (C=O) groups is 1. The van der Waals surface area contributed by atoms with Crippen molar-refractivity contribution in [2.24, 2.45) is 0 Å². The molecule has 0 radical (unpaired) electrons. The van der Waals surface area contributed by atoms with E-state index in [2.05, 4.69) is 10.4 Å². The molecule has 0 saturated heterocycles. The molecule has 3 aromatic rings. The van der Waals surface area contributed by atoms with Gasteiger partial charge in [-0.2, -0.15) is 5.10 Å². The molecule has 1 aromatic heterocycles. The molecule has 0 aliphatic heterocycles. The van der Waals surface area contributed by atoms with Crippen LogP contribution >= 0.6 is 0 Å². The van der Waals surface area contributed by atoms with Gasteiger partial charge in [-0.05, 0) is 63.6 Å². The molecule has 7 nitrogen and oxygen atoms in total. The molecule has 7 heteroatoms. The molecule has 0 fully saturated rings. The number of nitro benzene ring substituents is 1. The van der Waals surface area contributed by atoms with E-state index >= 15 is 0 Å². The Hall–Kier alpha value is -3.48. The van der Waals surface area contributed by atoms with Crippen LogP contribution in [0.1, 0.15) is 36.8 Å². The Morgan fingerprint density at radius 3 is 2.36 bits per heavy atom. The van der Waals surface area contributed by atoms with Crippen LogP contribution in [0.4, 0.5) is 5.69 Å². The Bertz CT molecular complexity index is 1030. The Labute approximate surface area is 163 Å². The molecule has 0 spiro atoms. The molecule has 0 unspecified atom stereocenters. The SMILES string of the molecule is Cc1cccc(-n2nc(-c3ccc([N+](=O)[O-])cc3)cc2C(=O)NC(C)(C)C)c1. The summed E-state index contributed by atoms with van der Waals surface area (Å²) >= 11 is 0. The second-order valence-corrected chi connectivity index (χ2v) is 7.67. The first-order chi connectivity index (χ1) is 13.1. The Morgan fingerprint density at radius 1 is 1.11 bits per heavy atom. The number of hydrogen-bond acceptors (Lipinski definition) is 4. The van der Waals surface area contributed by atoms with Crippen molar-refractivity contribution >= 4 is 11.6 Å². The first-order valence-corrected chi connectivity index (χ1v) is 8.88. The molecule has 0 aliphatic rings. The molecule has 1 heterocycles. The molecule has 0 atom stereocenters. The number of hydrogen-bond donors (Lipinski definition) is 1. The van der Waals surface area contributed by atoms with Crippen LogP contribution in [0.2, 0.25) is 0 Å². The van der Waals surface area contributed by atoms with E-state index in [4.69, 9.17) is 0 Å². The lowest BCUT2D eigenvalue weighted by molar-refractivity contribution is -0.384. The van der Waals surface area contributed by atoms with E-state index in [9.17, 15) is 14.9 Å². The second-order valence-electron chi connectivity index (χ2n) is 7.67. The lowest BCUT2D eigenvalue weighted by atomic mass is 10.1. The van der Waals surface area contributed by atoms with Gasteiger partial charge in [0.1, 0.15) is 5.69 Å². The number of aryl methyl sites for hydroxylation is 1. The van der Waals surface area contributed by atoms with Gasteiger partial charge in [0.25, 0.3) is 11.6 Å². The lowest BCUT2D eigenvalue weighted by Crippen LogP contribution is -2.41. The van der Waals surface area contributed by atoms with Crippen molar-refractivity contribution < 1.29 is 9.72 Å². The van der Waals surface area contributed by atoms with Crippen LogP contribution in [-0.2, 0) is 0 Å². The van der Waals surface area contributed by atoms with Crippen LogP contribution < -0.4 is 5.32 Å². The summed E-state index contributed by atoms with van der Waals surface area (Å²) in [6, 6.07) is 15.5. The molecule has 1 N–H and O–H groups in total. The van der Waals surface area contributed by atoms with Gasteiger partial charge in [-0.1, -0.05) is 12.1 Å². The number of nitro groups is 1. The van der Waals surface area contributed by atoms with Gasteiger partial charge in [0.05, 0.1) is 16.3 Å². The van der Waals surface area contributed by atoms with Crippen molar-refractivity contribution in [2.75, 3.05) is 0 Å². The van der Waals surface area contributed by atoms with Gasteiger partial charge in [-0.25, -0.2) is 4.68 Å². The zero-order valence-electron chi connectivity index (χ0n) is 16.3. The van der Waals surface area contributed by atoms with Gasteiger partial charge >= 0.3 is 0 Å². The maximum absolute atomic E-state index is 12.9. The number of nitrogens with zero attached hydrogens (tertiary/aromatic N) is 3. The third-order valence-electron chi connectivity index (χ3n) is 4.05. The Morgan fingerprint density at radius 2 is 1.79 bits per heavy atom. The molecule has 28 heavy (non-hydrogen) atoms. The fourth-order valence-electron chi connectivity index (χ4n) is 2.80. The van der Waals surface area contributed by atoms with Gasteiger partial charge in [0.15, 0.2) is 0 Å². The Kier molecular flexibility index (Phi) is 5.00. The van der Waals surface area contributed by atoms with Crippen LogP contribution in [0.25, 0.3) is 16.9 Å². The highest BCUT2D eigenvalue weighted by atomic mass is 16.6. The molecule has 2 aromatic carbocycles. The molecule has 144 valence electrons. The van der Waals surface area contributed by atoms with Crippen LogP contribution in [0.5, 0.6) is 0 Å². The van der Waals surface area contributed by atoms with Gasteiger partial charge in [-0.3, -0.25) is 14.9 Å². The summed E-state index contributed by atoms with van der Waals surface area (Å²) in [5, 5.41) is 18.4. The van der Waals surface area contributed by atoms with Crippen LogP contribution in [0.15, 0.2) is 54.6 Å². The summed E-state index contributed by atoms with van der Waals surface area (Å²) in [4.78, 5) is 23.3. The van der Waals surface area contributed by atoms with E-state index in [0.717, 1.165) is 11.3 Å². The van der Waals surface area contributed by atoms with Gasteiger partial charge in [-0.15, -0.1) is 0 Å². The van der Waals surface area contributed by atoms with E-state index in [1.165, 1.54) is 12.1 Å². The molecule has 0 bridgehead atoms. The molecule has 0 aliphatic carbocycles. The largest absolute Gasteiger partial charge is 0.346 e. The fourth-order valence-corrected chi connectivity index (χ4v) is 2.80. The van der Waals surface area contributed by atoms with Crippen LogP contribution in [0, 0.1) is 17.0 Å². The number of aromatic nitrogens is 2. The number of non-ortho nitro benzene ring substituents is 1. The second kappa shape index (κ2) is 7.26. The smallest absolute Gasteiger partial charge is 0.270 e. The minimum Gasteiger partial charge on any atom is -0.346 e. The predicted molar refractivity (Wildman–Crippen MR) is 108 cm³/mol. The van der Waals surface area contributed by atoms with Crippen molar-refractivity contribution in [1.82, 2.24) is 15.1 Å². The average molecular weight is 378 g/mol. The van der Waals surface area contributed by atoms with E-state index in [1.807, 2.05) is 52.0 Å². The van der Waals surface area contributed by atoms with Gasteiger partial charge < -0.3 is 5.32 Å². The highest BCUT2D eigenvalue weighted by Crippen LogP contribution is 2.24. The third kappa shape index (κ3) is 4.25. The number of benzene rings is 2. The summed E-state index contributed by atoms with van der Waals surface area (Å²) in [5.74, 6) is -0.241. The predicted octanol–water partition coefficient (Wildman–Crippen LogP) is 4.28. The highest BCUT2D eigenvalue weighted by Gasteiger charge is 2.22. The van der Waals surface area contributed by atoms with Crippen molar-refractivity contribution in [3.63, 3.8) is 0 Å². The number of amides is 1. The maximum atomic E-state index is 12.9. The summed E-state index contributed by atoms with van der Waals surface area (Å²) in [6.07, 6.45) is 0. The summed E-state index contributed by atoms with van der Waals surface area (Å²) in [6.45, 7) is 7.71. The van der Waals surface area contributed by atoms with Crippen LogP contribution in [0.3, 0.4) is 0 Å². The fraction of sp³-hybridized carbons (Fsp3) is 0.238. The summed E-state index contributed by atoms with van der Waals surface area (Å²) in [5.41, 5.74) is 3.09. The van der Waals surface area contributed by atoms with E-state index < -0.39 is 10.5 Å². The molecule has 1 amide bonds. The van der Waals surface area contributed by atoms with Crippen LogP contribution in [-0.4, -0.2) is 26.1 Å². The minimum atomic E-state index is -0.447. The number of carbonyl (C=O) groups excluding carboxylic acids is 1. The van der Waals surface area contributed by atoms with Gasteiger partial charge in [0, 0.05) is 23.2 Å². The zero-order chi connectivity index (χ0) is 20.5. The van der Waals surface area contributed by atoms with Crippen molar-refractivity contribution in [1.29, 1.82) is 0 Å².